The summed E-state index contributed by atoms with van der Waals surface area (Å²) in [7, 11) is -5.31. The average Bonchev–Trinajstić information content (AvgIpc) is 2.67. The zero-order valence-electron chi connectivity index (χ0n) is 15.8. The van der Waals surface area contributed by atoms with Gasteiger partial charge in [-0.1, -0.05) is 6.07 Å². The molecule has 1 saturated heterocycles. The SMILES string of the molecule is CCNC(=NCc1ccc(F)c(CO)c1)NC1CCN(S(=O)(=O)C(F)(F)F)CC1. The summed E-state index contributed by atoms with van der Waals surface area (Å²) in [6.07, 6.45) is 0.399. The number of hydrogen-bond acceptors (Lipinski definition) is 4. The van der Waals surface area contributed by atoms with E-state index in [0.29, 0.717) is 22.4 Å². The summed E-state index contributed by atoms with van der Waals surface area (Å²) in [6, 6.07) is 4.05. The molecule has 0 amide bonds. The number of aliphatic hydroxyl groups is 1. The van der Waals surface area contributed by atoms with Gasteiger partial charge in [0.15, 0.2) is 5.96 Å². The number of aliphatic hydroxyl groups excluding tert-OH is 1. The van der Waals surface area contributed by atoms with E-state index in [9.17, 15) is 26.0 Å². The first-order valence-electron chi connectivity index (χ1n) is 9.08. The highest BCUT2D eigenvalue weighted by Gasteiger charge is 2.50. The summed E-state index contributed by atoms with van der Waals surface area (Å²) in [4.78, 5) is 4.37. The number of hydrogen-bond donors (Lipinski definition) is 3. The lowest BCUT2D eigenvalue weighted by atomic mass is 10.1. The Morgan fingerprint density at radius 1 is 1.31 bits per heavy atom. The van der Waals surface area contributed by atoms with Gasteiger partial charge in [0, 0.05) is 31.2 Å². The molecule has 1 aliphatic rings. The quantitative estimate of drug-likeness (QED) is 0.356. The Morgan fingerprint density at radius 2 is 1.97 bits per heavy atom. The standard InChI is InChI=1S/C17H24F4N4O3S/c1-2-22-16(23-10-12-3-4-15(18)13(9-12)11-26)24-14-5-7-25(8-6-14)29(27,28)17(19,20)21/h3-4,9,14,26H,2,5-8,10-11H2,1H3,(H2,22,23,24). The molecule has 2 rings (SSSR count). The van der Waals surface area contributed by atoms with Crippen molar-refractivity contribution >= 4 is 16.0 Å². The third-order valence-corrected chi connectivity index (χ3v) is 6.10. The van der Waals surface area contributed by atoms with Crippen molar-refractivity contribution in [2.45, 2.75) is 44.5 Å². The van der Waals surface area contributed by atoms with E-state index < -0.39 is 28.0 Å². The third-order valence-electron chi connectivity index (χ3n) is 4.47. The van der Waals surface area contributed by atoms with Crippen LogP contribution in [-0.2, 0) is 23.2 Å². The Labute approximate surface area is 166 Å². The number of sulfonamides is 1. The molecule has 0 aliphatic carbocycles. The number of aliphatic imine (C=N–C) groups is 1. The maximum atomic E-state index is 13.5. The molecule has 1 fully saturated rings. The van der Waals surface area contributed by atoms with E-state index in [-0.39, 0.29) is 44.1 Å². The number of nitrogens with zero attached hydrogens (tertiary/aromatic N) is 2. The second-order valence-electron chi connectivity index (χ2n) is 6.55. The minimum absolute atomic E-state index is 0.161. The lowest BCUT2D eigenvalue weighted by Crippen LogP contribution is -2.51. The summed E-state index contributed by atoms with van der Waals surface area (Å²) in [5, 5.41) is 15.2. The molecule has 1 aromatic rings. The summed E-state index contributed by atoms with van der Waals surface area (Å²) in [6.45, 7) is 1.68. The van der Waals surface area contributed by atoms with Gasteiger partial charge >= 0.3 is 15.5 Å². The zero-order valence-corrected chi connectivity index (χ0v) is 16.7. The van der Waals surface area contributed by atoms with Crippen LogP contribution in [0.2, 0.25) is 0 Å². The fourth-order valence-electron chi connectivity index (χ4n) is 2.92. The van der Waals surface area contributed by atoms with E-state index in [1.54, 1.807) is 6.07 Å². The normalized spacial score (nSPS) is 17.4. The summed E-state index contributed by atoms with van der Waals surface area (Å²) < 4.78 is 74.8. The highest BCUT2D eigenvalue weighted by molar-refractivity contribution is 7.90. The molecular formula is C17H24F4N4O3S. The predicted molar refractivity (Wildman–Crippen MR) is 99.8 cm³/mol. The van der Waals surface area contributed by atoms with Gasteiger partial charge in [-0.25, -0.2) is 17.8 Å². The number of benzene rings is 1. The van der Waals surface area contributed by atoms with E-state index in [1.807, 2.05) is 6.92 Å². The van der Waals surface area contributed by atoms with Crippen molar-refractivity contribution in [2.24, 2.45) is 4.99 Å². The van der Waals surface area contributed by atoms with Gasteiger partial charge in [-0.05, 0) is 37.5 Å². The average molecular weight is 440 g/mol. The number of halogens is 4. The van der Waals surface area contributed by atoms with Gasteiger partial charge in [0.1, 0.15) is 5.82 Å². The Kier molecular flexibility index (Phi) is 7.83. The van der Waals surface area contributed by atoms with Gasteiger partial charge < -0.3 is 15.7 Å². The maximum Gasteiger partial charge on any atom is 0.511 e. The van der Waals surface area contributed by atoms with Crippen LogP contribution in [0.25, 0.3) is 0 Å². The molecule has 0 atom stereocenters. The first-order valence-corrected chi connectivity index (χ1v) is 10.5. The van der Waals surface area contributed by atoms with Crippen molar-refractivity contribution in [3.8, 4) is 0 Å². The van der Waals surface area contributed by atoms with Gasteiger partial charge in [-0.2, -0.15) is 17.5 Å². The van der Waals surface area contributed by atoms with Gasteiger partial charge in [-0.3, -0.25) is 0 Å². The van der Waals surface area contributed by atoms with Crippen LogP contribution in [0.15, 0.2) is 23.2 Å². The number of piperidine rings is 1. The highest BCUT2D eigenvalue weighted by atomic mass is 32.2. The molecule has 164 valence electrons. The van der Waals surface area contributed by atoms with Crippen LogP contribution in [0.3, 0.4) is 0 Å². The molecule has 3 N–H and O–H groups in total. The summed E-state index contributed by atoms with van der Waals surface area (Å²) in [5.74, 6) is -0.0923. The molecule has 0 saturated carbocycles. The van der Waals surface area contributed by atoms with Gasteiger partial charge in [0.05, 0.1) is 13.2 Å². The monoisotopic (exact) mass is 440 g/mol. The maximum absolute atomic E-state index is 13.5. The second kappa shape index (κ2) is 9.72. The van der Waals surface area contributed by atoms with Crippen molar-refractivity contribution in [1.82, 2.24) is 14.9 Å². The molecular weight excluding hydrogens is 416 g/mol. The minimum Gasteiger partial charge on any atom is -0.392 e. The topological polar surface area (TPSA) is 94.0 Å². The van der Waals surface area contributed by atoms with E-state index in [1.165, 1.54) is 12.1 Å². The molecule has 0 spiro atoms. The molecule has 7 nitrogen and oxygen atoms in total. The van der Waals surface area contributed by atoms with Gasteiger partial charge in [0.2, 0.25) is 0 Å². The van der Waals surface area contributed by atoms with E-state index in [4.69, 9.17) is 5.11 Å². The molecule has 0 radical (unpaired) electrons. The first-order chi connectivity index (χ1) is 13.6. The van der Waals surface area contributed by atoms with Gasteiger partial charge in [-0.15, -0.1) is 0 Å². The van der Waals surface area contributed by atoms with E-state index in [0.717, 1.165) is 0 Å². The lowest BCUT2D eigenvalue weighted by Gasteiger charge is -2.32. The number of rotatable bonds is 6. The van der Waals surface area contributed by atoms with E-state index >= 15 is 0 Å². The zero-order chi connectivity index (χ0) is 21.7. The highest BCUT2D eigenvalue weighted by Crippen LogP contribution is 2.28. The predicted octanol–water partition coefficient (Wildman–Crippen LogP) is 1.69. The molecule has 0 bridgehead atoms. The molecule has 0 aromatic heterocycles. The van der Waals surface area contributed by atoms with Crippen LogP contribution < -0.4 is 10.6 Å². The van der Waals surface area contributed by atoms with Crippen LogP contribution >= 0.6 is 0 Å². The van der Waals surface area contributed by atoms with Crippen molar-refractivity contribution in [3.63, 3.8) is 0 Å². The second-order valence-corrected chi connectivity index (χ2v) is 8.48. The van der Waals surface area contributed by atoms with Crippen molar-refractivity contribution in [2.75, 3.05) is 19.6 Å². The molecule has 1 heterocycles. The Balaban J connectivity index is 1.98. The number of nitrogens with one attached hydrogen (secondary N) is 2. The summed E-state index contributed by atoms with van der Waals surface area (Å²) >= 11 is 0. The van der Waals surface area contributed by atoms with Crippen molar-refractivity contribution < 1.29 is 31.1 Å². The van der Waals surface area contributed by atoms with Crippen LogP contribution in [0.4, 0.5) is 17.6 Å². The molecule has 0 unspecified atom stereocenters. The lowest BCUT2D eigenvalue weighted by molar-refractivity contribution is -0.0494. The van der Waals surface area contributed by atoms with Gasteiger partial charge in [0.25, 0.3) is 0 Å². The largest absolute Gasteiger partial charge is 0.511 e. The number of alkyl halides is 3. The Bertz CT molecular complexity index is 822. The minimum atomic E-state index is -5.31. The van der Waals surface area contributed by atoms with Crippen molar-refractivity contribution in [3.05, 3.63) is 35.1 Å². The van der Waals surface area contributed by atoms with Crippen LogP contribution in [0.1, 0.15) is 30.9 Å². The smallest absolute Gasteiger partial charge is 0.392 e. The van der Waals surface area contributed by atoms with Crippen LogP contribution in [0.5, 0.6) is 0 Å². The number of guanidine groups is 1. The fourth-order valence-corrected chi connectivity index (χ4v) is 3.90. The fraction of sp³-hybridized carbons (Fsp3) is 0.588. The van der Waals surface area contributed by atoms with Crippen LogP contribution in [-0.4, -0.2) is 55.0 Å². The Hall–Kier alpha value is -1.92. The van der Waals surface area contributed by atoms with Crippen molar-refractivity contribution in [1.29, 1.82) is 0 Å². The molecule has 1 aliphatic heterocycles. The summed E-state index contributed by atoms with van der Waals surface area (Å²) in [5.41, 5.74) is -4.46. The molecule has 29 heavy (non-hydrogen) atoms. The Morgan fingerprint density at radius 3 is 2.52 bits per heavy atom. The van der Waals surface area contributed by atoms with E-state index in [2.05, 4.69) is 15.6 Å². The van der Waals surface area contributed by atoms with Crippen LogP contribution in [0, 0.1) is 5.82 Å². The molecule has 1 aromatic carbocycles. The third kappa shape index (κ3) is 6.03. The molecule has 12 heteroatoms. The first kappa shape index (κ1) is 23.4.